The predicted molar refractivity (Wildman–Crippen MR) is 68.2 cm³/mol. The highest BCUT2D eigenvalue weighted by Gasteiger charge is 2.17. The van der Waals surface area contributed by atoms with Crippen molar-refractivity contribution in [2.45, 2.75) is 39.3 Å². The van der Waals surface area contributed by atoms with Gasteiger partial charge >= 0.3 is 6.09 Å². The van der Waals surface area contributed by atoms with Crippen LogP contribution in [0.1, 0.15) is 27.7 Å². The molecule has 5 heteroatoms. The van der Waals surface area contributed by atoms with Crippen molar-refractivity contribution in [3.05, 3.63) is 0 Å². The van der Waals surface area contributed by atoms with Crippen molar-refractivity contribution >= 4 is 6.09 Å². The summed E-state index contributed by atoms with van der Waals surface area (Å²) in [5, 5.41) is 2.75. The zero-order valence-corrected chi connectivity index (χ0v) is 11.9. The summed E-state index contributed by atoms with van der Waals surface area (Å²) < 4.78 is 10.2. The van der Waals surface area contributed by atoms with Crippen LogP contribution in [-0.2, 0) is 9.47 Å². The second-order valence-electron chi connectivity index (χ2n) is 5.21. The number of nitrogens with zero attached hydrogens (tertiary/aromatic N) is 1. The third-order valence-electron chi connectivity index (χ3n) is 2.34. The summed E-state index contributed by atoms with van der Waals surface area (Å²) in [5.41, 5.74) is -0.449. The van der Waals surface area contributed by atoms with Crippen molar-refractivity contribution in [3.8, 4) is 0 Å². The van der Waals surface area contributed by atoms with Gasteiger partial charge in [0.05, 0.1) is 6.61 Å². The highest BCUT2D eigenvalue weighted by molar-refractivity contribution is 5.67. The van der Waals surface area contributed by atoms with Gasteiger partial charge in [-0.3, -0.25) is 4.90 Å². The number of hydrogen-bond acceptors (Lipinski definition) is 4. The molecule has 0 radical (unpaired) electrons. The Morgan fingerprint density at radius 1 is 1.41 bits per heavy atom. The van der Waals surface area contributed by atoms with Crippen LogP contribution in [-0.4, -0.2) is 56.5 Å². The van der Waals surface area contributed by atoms with Crippen molar-refractivity contribution in [1.29, 1.82) is 0 Å². The molecule has 1 unspecified atom stereocenters. The molecule has 5 nitrogen and oxygen atoms in total. The van der Waals surface area contributed by atoms with E-state index in [4.69, 9.17) is 9.47 Å². The van der Waals surface area contributed by atoms with Crippen LogP contribution in [0.25, 0.3) is 0 Å². The average molecular weight is 246 g/mol. The second kappa shape index (κ2) is 7.50. The first-order valence-electron chi connectivity index (χ1n) is 5.92. The maximum absolute atomic E-state index is 11.4. The molecule has 0 saturated heterocycles. The number of amides is 1. The van der Waals surface area contributed by atoms with Crippen molar-refractivity contribution in [3.63, 3.8) is 0 Å². The minimum Gasteiger partial charge on any atom is -0.444 e. The van der Waals surface area contributed by atoms with Crippen LogP contribution in [0.3, 0.4) is 0 Å². The first-order chi connectivity index (χ1) is 7.76. The predicted octanol–water partition coefficient (Wildman–Crippen LogP) is 1.48. The SMILES string of the molecule is COCCN(C)C(C)CNC(=O)OC(C)(C)C. The summed E-state index contributed by atoms with van der Waals surface area (Å²) in [6.07, 6.45) is -0.371. The topological polar surface area (TPSA) is 50.8 Å². The molecular weight excluding hydrogens is 220 g/mol. The van der Waals surface area contributed by atoms with E-state index in [0.717, 1.165) is 6.54 Å². The van der Waals surface area contributed by atoms with Crippen molar-refractivity contribution in [1.82, 2.24) is 10.2 Å². The van der Waals surface area contributed by atoms with Crippen LogP contribution >= 0.6 is 0 Å². The molecule has 0 aromatic carbocycles. The summed E-state index contributed by atoms with van der Waals surface area (Å²) in [4.78, 5) is 13.5. The summed E-state index contributed by atoms with van der Waals surface area (Å²) in [7, 11) is 3.68. The van der Waals surface area contributed by atoms with Gasteiger partial charge < -0.3 is 14.8 Å². The molecule has 0 bridgehead atoms. The van der Waals surface area contributed by atoms with Crippen molar-refractivity contribution in [2.75, 3.05) is 33.9 Å². The van der Waals surface area contributed by atoms with Gasteiger partial charge in [0.1, 0.15) is 5.60 Å². The van der Waals surface area contributed by atoms with Crippen LogP contribution in [0.4, 0.5) is 4.79 Å². The van der Waals surface area contributed by atoms with E-state index in [1.807, 2.05) is 34.7 Å². The minimum atomic E-state index is -0.449. The third kappa shape index (κ3) is 8.94. The fraction of sp³-hybridized carbons (Fsp3) is 0.917. The van der Waals surface area contributed by atoms with Gasteiger partial charge in [0.15, 0.2) is 0 Å². The molecule has 0 saturated carbocycles. The third-order valence-corrected chi connectivity index (χ3v) is 2.34. The van der Waals surface area contributed by atoms with Gasteiger partial charge in [-0.05, 0) is 34.7 Å². The maximum Gasteiger partial charge on any atom is 0.407 e. The number of carbonyl (C=O) groups excluding carboxylic acids is 1. The van der Waals surface area contributed by atoms with Gasteiger partial charge in [0.25, 0.3) is 0 Å². The molecule has 102 valence electrons. The van der Waals surface area contributed by atoms with Crippen molar-refractivity contribution in [2.24, 2.45) is 0 Å². The lowest BCUT2D eigenvalue weighted by Crippen LogP contribution is -2.42. The largest absolute Gasteiger partial charge is 0.444 e. The highest BCUT2D eigenvalue weighted by Crippen LogP contribution is 2.06. The Labute approximate surface area is 104 Å². The highest BCUT2D eigenvalue weighted by atomic mass is 16.6. The summed E-state index contributed by atoms with van der Waals surface area (Å²) in [6, 6.07) is 0.248. The van der Waals surface area contributed by atoms with Crippen LogP contribution in [0.2, 0.25) is 0 Å². The Morgan fingerprint density at radius 2 is 2.00 bits per heavy atom. The molecule has 0 aliphatic heterocycles. The normalized spacial score (nSPS) is 13.6. The number of ether oxygens (including phenoxy) is 2. The van der Waals surface area contributed by atoms with Crippen molar-refractivity contribution < 1.29 is 14.3 Å². The number of rotatable bonds is 6. The zero-order valence-electron chi connectivity index (χ0n) is 11.9. The van der Waals surface area contributed by atoms with E-state index in [9.17, 15) is 4.79 Å². The molecule has 0 spiro atoms. The molecule has 0 aromatic heterocycles. The number of carbonyl (C=O) groups is 1. The summed E-state index contributed by atoms with van der Waals surface area (Å²) in [5.74, 6) is 0. The number of methoxy groups -OCH3 is 1. The lowest BCUT2D eigenvalue weighted by Gasteiger charge is -2.25. The fourth-order valence-corrected chi connectivity index (χ4v) is 1.16. The molecule has 0 aliphatic carbocycles. The maximum atomic E-state index is 11.4. The Kier molecular flexibility index (Phi) is 7.15. The Morgan fingerprint density at radius 3 is 2.47 bits per heavy atom. The van der Waals surface area contributed by atoms with E-state index in [1.54, 1.807) is 7.11 Å². The van der Waals surface area contributed by atoms with Gasteiger partial charge in [-0.2, -0.15) is 0 Å². The number of hydrogen-bond donors (Lipinski definition) is 1. The lowest BCUT2D eigenvalue weighted by molar-refractivity contribution is 0.0509. The van der Waals surface area contributed by atoms with E-state index in [-0.39, 0.29) is 12.1 Å². The van der Waals surface area contributed by atoms with Gasteiger partial charge in [-0.1, -0.05) is 0 Å². The van der Waals surface area contributed by atoms with Gasteiger partial charge in [0, 0.05) is 26.2 Å². The monoisotopic (exact) mass is 246 g/mol. The summed E-state index contributed by atoms with van der Waals surface area (Å²) >= 11 is 0. The molecule has 0 aromatic rings. The lowest BCUT2D eigenvalue weighted by atomic mass is 10.2. The molecule has 1 amide bonds. The van der Waals surface area contributed by atoms with E-state index in [0.29, 0.717) is 13.2 Å². The molecule has 0 rings (SSSR count). The van der Waals surface area contributed by atoms with E-state index >= 15 is 0 Å². The Hall–Kier alpha value is -0.810. The quantitative estimate of drug-likeness (QED) is 0.771. The van der Waals surface area contributed by atoms with Gasteiger partial charge in [-0.15, -0.1) is 0 Å². The fourth-order valence-electron chi connectivity index (χ4n) is 1.16. The van der Waals surface area contributed by atoms with E-state index in [1.165, 1.54) is 0 Å². The van der Waals surface area contributed by atoms with E-state index < -0.39 is 5.60 Å². The van der Waals surface area contributed by atoms with Crippen LogP contribution < -0.4 is 5.32 Å². The standard InChI is InChI=1S/C12H26N2O3/c1-10(14(5)7-8-16-6)9-13-11(15)17-12(2,3)4/h10H,7-9H2,1-6H3,(H,13,15). The average Bonchev–Trinajstić information content (AvgIpc) is 2.20. The molecular formula is C12H26N2O3. The molecule has 0 heterocycles. The molecule has 1 atom stereocenters. The Bertz CT molecular complexity index is 226. The first-order valence-corrected chi connectivity index (χ1v) is 5.92. The van der Waals surface area contributed by atoms with E-state index in [2.05, 4.69) is 10.2 Å². The smallest absolute Gasteiger partial charge is 0.407 e. The van der Waals surface area contributed by atoms with Crippen LogP contribution in [0.15, 0.2) is 0 Å². The second-order valence-corrected chi connectivity index (χ2v) is 5.21. The van der Waals surface area contributed by atoms with Crippen LogP contribution in [0, 0.1) is 0 Å². The van der Waals surface area contributed by atoms with Gasteiger partial charge in [-0.25, -0.2) is 4.79 Å². The number of nitrogens with one attached hydrogen (secondary N) is 1. The van der Waals surface area contributed by atoms with Crippen LogP contribution in [0.5, 0.6) is 0 Å². The van der Waals surface area contributed by atoms with Gasteiger partial charge in [0.2, 0.25) is 0 Å². The molecule has 0 aliphatic rings. The molecule has 17 heavy (non-hydrogen) atoms. The Balaban J connectivity index is 3.83. The zero-order chi connectivity index (χ0) is 13.5. The first kappa shape index (κ1) is 16.2. The molecule has 0 fully saturated rings. The minimum absolute atomic E-state index is 0.248. The summed E-state index contributed by atoms with van der Waals surface area (Å²) in [6.45, 7) is 9.69. The molecule has 1 N–H and O–H groups in total. The number of alkyl carbamates (subject to hydrolysis) is 1. The number of likely N-dealkylation sites (N-methyl/N-ethyl adjacent to an activating group) is 1.